The van der Waals surface area contributed by atoms with E-state index in [-0.39, 0.29) is 61.6 Å². The highest BCUT2D eigenvalue weighted by Gasteiger charge is 2.73. The summed E-state index contributed by atoms with van der Waals surface area (Å²) < 4.78 is 59.9. The predicted octanol–water partition coefficient (Wildman–Crippen LogP) is -0.416. The Kier molecular flexibility index (Phi) is 15.3. The summed E-state index contributed by atoms with van der Waals surface area (Å²) in [6.07, 6.45) is -14.3. The second-order valence-electron chi connectivity index (χ2n) is 22.4. The topological polar surface area (TPSA) is 309 Å². The van der Waals surface area contributed by atoms with Crippen LogP contribution in [-0.2, 0) is 57.0 Å². The average molecular weight is 1000 g/mol. The minimum atomic E-state index is -1.69. The number of hydrogen-bond donors (Lipinski definition) is 9. The van der Waals surface area contributed by atoms with Crippen LogP contribution in [0.4, 0.5) is 0 Å². The third-order valence-corrected chi connectivity index (χ3v) is 18.3. The molecule has 4 saturated carbocycles. The van der Waals surface area contributed by atoms with E-state index in [0.717, 1.165) is 32.1 Å². The van der Waals surface area contributed by atoms with E-state index in [1.54, 1.807) is 20.8 Å². The highest BCUT2D eigenvalue weighted by atomic mass is 16.8. The normalized spacial score (nSPS) is 53.8. The first-order chi connectivity index (χ1) is 33.1. The quantitative estimate of drug-likeness (QED) is 0.0938. The predicted molar refractivity (Wildman–Crippen MR) is 236 cm³/mol. The molecule has 0 bridgehead atoms. The van der Waals surface area contributed by atoms with Crippen molar-refractivity contribution in [2.24, 2.45) is 34.5 Å². The SMILES string of the molecule is CC(=O)O[C@@H]1C[C@H](O[C@H]2[C@H](O)C[C@H](O[C@H]3[C@H](O)C[C@H](O[C@@H]4CC[C@]5(C)[C@H](CC[C@H]6[C@H]5C[C@H](O)[C@@]5(C)[C@@H](C7=CC(=O)OC7)[C@H](O)C[C@@]65O)C4)O[C@@H]3C)O[C@@H]2C)O[C@H](C)[C@H]1O[C@H]1O[C@@H](CO)[C@H](O)[C@@H](O)[C@@H]1O. The van der Waals surface area contributed by atoms with E-state index in [4.69, 9.17) is 47.4 Å². The van der Waals surface area contributed by atoms with Gasteiger partial charge in [0.05, 0.1) is 61.0 Å². The molecule has 0 spiro atoms. The maximum atomic E-state index is 12.6. The summed E-state index contributed by atoms with van der Waals surface area (Å²) in [4.78, 5) is 24.2. The summed E-state index contributed by atoms with van der Waals surface area (Å²) in [6, 6.07) is 0. The smallest absolute Gasteiger partial charge is 0.331 e. The van der Waals surface area contributed by atoms with Crippen LogP contribution in [0.2, 0.25) is 0 Å². The minimum Gasteiger partial charge on any atom is -0.459 e. The lowest BCUT2D eigenvalue weighted by atomic mass is 9.42. The molecule has 21 nitrogen and oxygen atoms in total. The van der Waals surface area contributed by atoms with E-state index in [2.05, 4.69) is 6.92 Å². The molecule has 27 atom stereocenters. The standard InChI is InChI=1S/C49H76O21/c1-20-43(68-37-15-30(53)44(21(2)63-37)69-38-16-32(65-23(4)51)45(22(3)64-38)70-46-42(59)41(58)40(57)33(18-50)67-46)29(52)14-36(62-20)66-26-9-10-47(5)25(12-26)7-8-27-28(47)13-34(55)48(6)39(24-11-35(56)61-19-24)31(54)17-49(27,48)60/h11,20-22,25-34,36-46,50,52-55,57-60H,7-10,12-19H2,1-6H3/t20-,21-,22-,25-,26-,27+,28-,29-,30-,31-,32-,33+,34+,36+,37+,38+,39+,40+,41-,42+,43-,44-,45-,46-,47-,48+,49-/m1/s1. The van der Waals surface area contributed by atoms with Crippen LogP contribution >= 0.6 is 0 Å². The Hall–Kier alpha value is -2.00. The van der Waals surface area contributed by atoms with Crippen molar-refractivity contribution in [3.63, 3.8) is 0 Å². The summed E-state index contributed by atoms with van der Waals surface area (Å²) in [6.45, 7) is 9.87. The van der Waals surface area contributed by atoms with Crippen molar-refractivity contribution in [3.8, 4) is 0 Å². The second kappa shape index (κ2) is 20.3. The molecule has 5 heterocycles. The summed E-state index contributed by atoms with van der Waals surface area (Å²) in [7, 11) is 0. The first kappa shape index (κ1) is 52.8. The van der Waals surface area contributed by atoms with Gasteiger partial charge in [0.15, 0.2) is 25.2 Å². The molecule has 4 saturated heterocycles. The highest BCUT2D eigenvalue weighted by molar-refractivity contribution is 5.85. The highest BCUT2D eigenvalue weighted by Crippen LogP contribution is 2.70. The third kappa shape index (κ3) is 9.43. The molecule has 4 aliphatic carbocycles. The molecule has 0 unspecified atom stereocenters. The maximum Gasteiger partial charge on any atom is 0.331 e. The molecule has 9 rings (SSSR count). The van der Waals surface area contributed by atoms with E-state index in [1.807, 2.05) is 6.92 Å². The van der Waals surface area contributed by atoms with Crippen molar-refractivity contribution in [3.05, 3.63) is 11.6 Å². The van der Waals surface area contributed by atoms with Gasteiger partial charge in [-0.2, -0.15) is 0 Å². The van der Waals surface area contributed by atoms with Crippen LogP contribution in [-0.4, -0.2) is 200 Å². The number of hydrogen-bond acceptors (Lipinski definition) is 21. The van der Waals surface area contributed by atoms with Gasteiger partial charge in [0.2, 0.25) is 0 Å². The number of rotatable bonds is 11. The van der Waals surface area contributed by atoms with Crippen molar-refractivity contribution in [2.75, 3.05) is 13.2 Å². The molecule has 70 heavy (non-hydrogen) atoms. The fourth-order valence-corrected chi connectivity index (χ4v) is 14.7. The summed E-state index contributed by atoms with van der Waals surface area (Å²) in [5.41, 5.74) is -1.92. The molecular formula is C49H76O21. The Labute approximate surface area is 407 Å². The van der Waals surface area contributed by atoms with Gasteiger partial charge in [-0.1, -0.05) is 13.8 Å². The van der Waals surface area contributed by atoms with E-state index in [0.29, 0.717) is 12.0 Å². The lowest BCUT2D eigenvalue weighted by molar-refractivity contribution is -0.355. The number of fused-ring (bicyclic) bond motifs is 5. The van der Waals surface area contributed by atoms with Crippen LogP contribution in [0.5, 0.6) is 0 Å². The van der Waals surface area contributed by atoms with Gasteiger partial charge in [-0.05, 0) is 88.0 Å². The molecule has 9 N–H and O–H groups in total. The summed E-state index contributed by atoms with van der Waals surface area (Å²) in [5, 5.41) is 99.5. The van der Waals surface area contributed by atoms with Gasteiger partial charge in [0, 0.05) is 50.0 Å². The Balaban J connectivity index is 0.756. The molecule has 5 aliphatic heterocycles. The van der Waals surface area contributed by atoms with Crippen LogP contribution in [0.15, 0.2) is 11.6 Å². The number of carbonyl (C=O) groups excluding carboxylic acids is 2. The number of aliphatic hydroxyl groups is 9. The van der Waals surface area contributed by atoms with Gasteiger partial charge in [-0.15, -0.1) is 0 Å². The van der Waals surface area contributed by atoms with Gasteiger partial charge >= 0.3 is 11.9 Å². The van der Waals surface area contributed by atoms with Crippen molar-refractivity contribution in [2.45, 2.75) is 234 Å². The Morgan fingerprint density at radius 2 is 1.33 bits per heavy atom. The average Bonchev–Trinajstić information content (AvgIpc) is 3.80. The zero-order valence-electron chi connectivity index (χ0n) is 40.8. The van der Waals surface area contributed by atoms with Crippen LogP contribution in [0.3, 0.4) is 0 Å². The van der Waals surface area contributed by atoms with Crippen molar-refractivity contribution < 1.29 is 103 Å². The Morgan fingerprint density at radius 3 is 1.91 bits per heavy atom. The van der Waals surface area contributed by atoms with Crippen LogP contribution in [0, 0.1) is 34.5 Å². The zero-order valence-corrected chi connectivity index (χ0v) is 40.8. The zero-order chi connectivity index (χ0) is 50.4. The fraction of sp³-hybridized carbons (Fsp3) is 0.918. The minimum absolute atomic E-state index is 0.0175. The second-order valence-corrected chi connectivity index (χ2v) is 22.4. The molecular weight excluding hydrogens is 925 g/mol. The van der Waals surface area contributed by atoms with E-state index in [9.17, 15) is 55.5 Å². The number of esters is 2. The van der Waals surface area contributed by atoms with Gasteiger partial charge in [-0.3, -0.25) is 4.79 Å². The largest absolute Gasteiger partial charge is 0.459 e. The van der Waals surface area contributed by atoms with Gasteiger partial charge < -0.3 is 93.3 Å². The molecule has 398 valence electrons. The van der Waals surface area contributed by atoms with E-state index in [1.165, 1.54) is 13.0 Å². The van der Waals surface area contributed by atoms with Gasteiger partial charge in [0.1, 0.15) is 55.4 Å². The third-order valence-electron chi connectivity index (χ3n) is 18.3. The molecule has 21 heteroatoms. The van der Waals surface area contributed by atoms with Crippen LogP contribution in [0.25, 0.3) is 0 Å². The Bertz CT molecular complexity index is 1880. The Morgan fingerprint density at radius 1 is 0.714 bits per heavy atom. The number of cyclic esters (lactones) is 1. The molecule has 8 fully saturated rings. The number of aliphatic hydroxyl groups excluding tert-OH is 8. The lowest BCUT2D eigenvalue weighted by Gasteiger charge is -2.65. The van der Waals surface area contributed by atoms with Crippen molar-refractivity contribution >= 4 is 11.9 Å². The maximum absolute atomic E-state index is 12.6. The van der Waals surface area contributed by atoms with E-state index < -0.39 is 152 Å². The number of ether oxygens (including phenoxy) is 10. The molecule has 0 aromatic heterocycles. The summed E-state index contributed by atoms with van der Waals surface area (Å²) in [5.74, 6) is -1.55. The van der Waals surface area contributed by atoms with Crippen molar-refractivity contribution in [1.29, 1.82) is 0 Å². The lowest BCUT2D eigenvalue weighted by Crippen LogP contribution is -2.67. The van der Waals surface area contributed by atoms with Gasteiger partial charge in [0.25, 0.3) is 0 Å². The van der Waals surface area contributed by atoms with Crippen molar-refractivity contribution in [1.82, 2.24) is 0 Å². The first-order valence-corrected chi connectivity index (χ1v) is 25.4. The van der Waals surface area contributed by atoms with Crippen LogP contribution in [0.1, 0.15) is 106 Å². The first-order valence-electron chi connectivity index (χ1n) is 25.4. The molecule has 0 amide bonds. The molecule has 0 radical (unpaired) electrons. The fourth-order valence-electron chi connectivity index (χ4n) is 14.7. The van der Waals surface area contributed by atoms with Crippen LogP contribution < -0.4 is 0 Å². The molecule has 9 aliphatic rings. The van der Waals surface area contributed by atoms with Gasteiger partial charge in [-0.25, -0.2) is 4.79 Å². The van der Waals surface area contributed by atoms with E-state index >= 15 is 0 Å². The molecule has 0 aromatic rings. The monoisotopic (exact) mass is 1000 g/mol. The summed E-state index contributed by atoms with van der Waals surface area (Å²) >= 11 is 0. The number of carbonyl (C=O) groups is 2. The molecule has 0 aromatic carbocycles.